The Labute approximate surface area is 241 Å². The van der Waals surface area contributed by atoms with Gasteiger partial charge in [-0.3, -0.25) is 9.69 Å². The van der Waals surface area contributed by atoms with Gasteiger partial charge in [0.25, 0.3) is 6.47 Å². The van der Waals surface area contributed by atoms with Crippen molar-refractivity contribution in [3.05, 3.63) is 90.0 Å². The summed E-state index contributed by atoms with van der Waals surface area (Å²) in [6.07, 6.45) is 4.04. The number of fused-ring (bicyclic) bond motifs is 2. The van der Waals surface area contributed by atoms with Crippen LogP contribution in [-0.4, -0.2) is 40.5 Å². The summed E-state index contributed by atoms with van der Waals surface area (Å²) in [6, 6.07) is 18.6. The number of aromatic nitrogens is 3. The molecular weight excluding hydrogens is 523 g/mol. The van der Waals surface area contributed by atoms with E-state index in [0.717, 1.165) is 23.5 Å². The number of nitrogens with zero attached hydrogens (tertiary/aromatic N) is 4. The number of halogens is 1. The minimum absolute atomic E-state index is 0.266. The number of ether oxygens (including phenoxy) is 2. The summed E-state index contributed by atoms with van der Waals surface area (Å²) in [5.74, 6) is 2.01. The molecule has 1 unspecified atom stereocenters. The molecule has 2 aromatic carbocycles. The molecular formula is C31H39FN6O3. The molecule has 6 rings (SSSR count). The highest BCUT2D eigenvalue weighted by Crippen LogP contribution is 2.46. The lowest BCUT2D eigenvalue weighted by Gasteiger charge is -2.27. The molecule has 10 heteroatoms. The largest absolute Gasteiger partial charge is 0.493 e. The van der Waals surface area contributed by atoms with Crippen molar-refractivity contribution in [1.82, 2.24) is 14.8 Å². The molecule has 41 heavy (non-hydrogen) atoms. The van der Waals surface area contributed by atoms with E-state index in [0.29, 0.717) is 30.3 Å². The van der Waals surface area contributed by atoms with Crippen LogP contribution in [0.3, 0.4) is 0 Å². The Morgan fingerprint density at radius 3 is 2.49 bits per heavy atom. The van der Waals surface area contributed by atoms with E-state index in [-0.39, 0.29) is 11.4 Å². The summed E-state index contributed by atoms with van der Waals surface area (Å²) in [5.41, 5.74) is 7.65. The lowest BCUT2D eigenvalue weighted by Crippen LogP contribution is -2.25. The number of hydrogen-bond donors (Lipinski definition) is 2. The Bertz CT molecular complexity index is 1410. The topological polar surface area (TPSA) is 108 Å². The van der Waals surface area contributed by atoms with Crippen molar-refractivity contribution in [2.24, 2.45) is 5.73 Å². The molecule has 2 aromatic heterocycles. The van der Waals surface area contributed by atoms with Gasteiger partial charge in [-0.2, -0.15) is 5.10 Å². The summed E-state index contributed by atoms with van der Waals surface area (Å²) >= 11 is 0. The Morgan fingerprint density at radius 2 is 1.85 bits per heavy atom. The standard InChI is InChI=1S/C23H18FN5O.C5H10O2.C2H6.CH5N/c24-18-5-2-1-4-17(18)22-26-19-8-9-21(28-12-3-11-25-28)27-23(19)29(22)16-7-6-15-10-13-30-20(15)14-16;1-5(2,3)7-4-6;2*1-2/h1-9,11-12,14,22,26H,10,13H2;4H,1-3H3;1-2H3;2H2,1H3. The van der Waals surface area contributed by atoms with Crippen molar-refractivity contribution in [3.63, 3.8) is 0 Å². The van der Waals surface area contributed by atoms with E-state index in [1.165, 1.54) is 18.7 Å². The van der Waals surface area contributed by atoms with Gasteiger partial charge in [0, 0.05) is 36.1 Å². The average molecular weight is 563 g/mol. The molecule has 0 spiro atoms. The fraction of sp³-hybridized carbons (Fsp3) is 0.323. The van der Waals surface area contributed by atoms with Gasteiger partial charge in [-0.05, 0) is 63.7 Å². The summed E-state index contributed by atoms with van der Waals surface area (Å²) in [5, 5.41) is 7.72. The van der Waals surface area contributed by atoms with Crippen LogP contribution in [0.15, 0.2) is 73.1 Å². The van der Waals surface area contributed by atoms with E-state index in [2.05, 4.69) is 27.0 Å². The molecule has 1 atom stereocenters. The van der Waals surface area contributed by atoms with Crippen molar-refractivity contribution >= 4 is 23.7 Å². The van der Waals surface area contributed by atoms with E-state index >= 15 is 0 Å². The van der Waals surface area contributed by atoms with Crippen molar-refractivity contribution < 1.29 is 18.7 Å². The number of carbonyl (C=O) groups excluding carboxylic acids is 1. The zero-order valence-electron chi connectivity index (χ0n) is 24.5. The molecule has 218 valence electrons. The van der Waals surface area contributed by atoms with E-state index in [1.54, 1.807) is 23.0 Å². The van der Waals surface area contributed by atoms with Crippen LogP contribution in [0.25, 0.3) is 5.82 Å². The highest BCUT2D eigenvalue weighted by Gasteiger charge is 2.35. The first-order valence-electron chi connectivity index (χ1n) is 13.6. The predicted molar refractivity (Wildman–Crippen MR) is 160 cm³/mol. The maximum absolute atomic E-state index is 14.7. The zero-order chi connectivity index (χ0) is 30.0. The van der Waals surface area contributed by atoms with Crippen LogP contribution in [0.5, 0.6) is 5.75 Å². The molecule has 2 aliphatic heterocycles. The van der Waals surface area contributed by atoms with Gasteiger partial charge in [0.1, 0.15) is 23.3 Å². The summed E-state index contributed by atoms with van der Waals surface area (Å²) in [6.45, 7) is 10.6. The van der Waals surface area contributed by atoms with Gasteiger partial charge in [0.05, 0.1) is 12.3 Å². The number of pyridine rings is 1. The van der Waals surface area contributed by atoms with E-state index in [9.17, 15) is 9.18 Å². The Balaban J connectivity index is 0.000000367. The monoisotopic (exact) mass is 562 g/mol. The van der Waals surface area contributed by atoms with E-state index in [4.69, 9.17) is 9.72 Å². The van der Waals surface area contributed by atoms with Crippen molar-refractivity contribution in [3.8, 4) is 11.6 Å². The van der Waals surface area contributed by atoms with Crippen molar-refractivity contribution in [2.45, 2.75) is 52.8 Å². The van der Waals surface area contributed by atoms with Crippen molar-refractivity contribution in [1.29, 1.82) is 0 Å². The number of benzene rings is 2. The van der Waals surface area contributed by atoms with Gasteiger partial charge < -0.3 is 20.5 Å². The van der Waals surface area contributed by atoms with Crippen LogP contribution in [0.1, 0.15) is 51.9 Å². The number of anilines is 3. The molecule has 0 bridgehead atoms. The first-order chi connectivity index (χ1) is 19.8. The third-order valence-electron chi connectivity index (χ3n) is 5.94. The second kappa shape index (κ2) is 14.3. The first kappa shape index (κ1) is 31.1. The number of nitrogens with two attached hydrogens (primary N) is 1. The lowest BCUT2D eigenvalue weighted by atomic mass is 10.1. The minimum atomic E-state index is -0.430. The molecule has 2 aliphatic rings. The molecule has 0 aliphatic carbocycles. The van der Waals surface area contributed by atoms with Crippen LogP contribution >= 0.6 is 0 Å². The smallest absolute Gasteiger partial charge is 0.293 e. The second-order valence-electron chi connectivity index (χ2n) is 9.65. The fourth-order valence-electron chi connectivity index (χ4n) is 4.24. The average Bonchev–Trinajstić information content (AvgIpc) is 3.74. The van der Waals surface area contributed by atoms with Gasteiger partial charge in [-0.1, -0.05) is 38.1 Å². The van der Waals surface area contributed by atoms with E-state index < -0.39 is 6.17 Å². The van der Waals surface area contributed by atoms with Gasteiger partial charge >= 0.3 is 0 Å². The molecule has 0 radical (unpaired) electrons. The summed E-state index contributed by atoms with van der Waals surface area (Å²) < 4.78 is 26.8. The normalized spacial score (nSPS) is 14.3. The molecule has 9 nitrogen and oxygen atoms in total. The Kier molecular flexibility index (Phi) is 10.8. The molecule has 4 aromatic rings. The van der Waals surface area contributed by atoms with Crippen LogP contribution in [0.4, 0.5) is 21.6 Å². The first-order valence-corrected chi connectivity index (χ1v) is 13.6. The SMILES string of the molecule is CC.CC(C)(C)OC=O.CN.Fc1ccccc1C1Nc2ccc(-n3cccn3)nc2N1c1ccc2c(c1)OCC2. The lowest BCUT2D eigenvalue weighted by molar-refractivity contribution is -0.138. The highest BCUT2D eigenvalue weighted by molar-refractivity contribution is 5.81. The molecule has 3 N–H and O–H groups in total. The maximum Gasteiger partial charge on any atom is 0.293 e. The number of rotatable bonds is 4. The van der Waals surface area contributed by atoms with Gasteiger partial charge in [-0.25, -0.2) is 14.1 Å². The quantitative estimate of drug-likeness (QED) is 0.285. The second-order valence-corrected chi connectivity index (χ2v) is 9.65. The van der Waals surface area contributed by atoms with Crippen LogP contribution in [-0.2, 0) is 16.0 Å². The minimum Gasteiger partial charge on any atom is -0.493 e. The molecule has 0 fully saturated rings. The number of carbonyl (C=O) groups is 1. The molecule has 0 saturated heterocycles. The fourth-order valence-corrected chi connectivity index (χ4v) is 4.24. The summed E-state index contributed by atoms with van der Waals surface area (Å²) in [7, 11) is 1.50. The summed E-state index contributed by atoms with van der Waals surface area (Å²) in [4.78, 5) is 16.5. The zero-order valence-corrected chi connectivity index (χ0v) is 24.5. The van der Waals surface area contributed by atoms with Crippen LogP contribution in [0.2, 0.25) is 0 Å². The van der Waals surface area contributed by atoms with Crippen molar-refractivity contribution in [2.75, 3.05) is 23.9 Å². The highest BCUT2D eigenvalue weighted by atomic mass is 19.1. The Morgan fingerprint density at radius 1 is 1.10 bits per heavy atom. The van der Waals surface area contributed by atoms with Crippen LogP contribution < -0.4 is 20.7 Å². The van der Waals surface area contributed by atoms with Gasteiger partial charge in [0.15, 0.2) is 11.6 Å². The van der Waals surface area contributed by atoms with Crippen LogP contribution in [0, 0.1) is 5.82 Å². The van der Waals surface area contributed by atoms with Gasteiger partial charge in [-0.15, -0.1) is 0 Å². The number of nitrogens with one attached hydrogen (secondary N) is 1. The predicted octanol–water partition coefficient (Wildman–Crippen LogP) is 6.16. The van der Waals surface area contributed by atoms with E-state index in [1.807, 2.05) is 82.1 Å². The third-order valence-corrected chi connectivity index (χ3v) is 5.94. The maximum atomic E-state index is 14.7. The third kappa shape index (κ3) is 7.40. The number of hydrogen-bond acceptors (Lipinski definition) is 8. The Hall–Kier alpha value is -4.44. The van der Waals surface area contributed by atoms with Gasteiger partial charge in [0.2, 0.25) is 0 Å². The molecule has 4 heterocycles. The molecule has 0 saturated carbocycles. The molecule has 0 amide bonds.